The lowest BCUT2D eigenvalue weighted by atomic mass is 10.0. The first-order valence-electron chi connectivity index (χ1n) is 22.4. The highest BCUT2D eigenvalue weighted by Crippen LogP contribution is 2.43. The van der Waals surface area contributed by atoms with Gasteiger partial charge in [0, 0.05) is 6.42 Å². The van der Waals surface area contributed by atoms with Gasteiger partial charge in [-0.05, 0) is 57.8 Å². The van der Waals surface area contributed by atoms with E-state index in [1.807, 2.05) is 27.2 Å². The number of nitrogens with zero attached hydrogens (tertiary/aromatic N) is 1. The molecule has 0 bridgehead atoms. The second-order valence-electron chi connectivity index (χ2n) is 16.4. The maximum Gasteiger partial charge on any atom is 0.472 e. The van der Waals surface area contributed by atoms with Crippen molar-refractivity contribution in [2.75, 3.05) is 40.9 Å². The Kier molecular flexibility index (Phi) is 36.4. The molecular formula is C45H88N2O6P+. The van der Waals surface area contributed by atoms with E-state index >= 15 is 0 Å². The molecule has 0 saturated heterocycles. The number of hydrogen-bond acceptors (Lipinski definition) is 5. The number of allylic oxidation sites excluding steroid dienone is 5. The van der Waals surface area contributed by atoms with E-state index in [0.29, 0.717) is 17.4 Å². The summed E-state index contributed by atoms with van der Waals surface area (Å²) in [6, 6.07) is -0.859. The fraction of sp³-hybridized carbons (Fsp3) is 0.844. The lowest BCUT2D eigenvalue weighted by Gasteiger charge is -2.25. The van der Waals surface area contributed by atoms with E-state index in [1.165, 1.54) is 135 Å². The highest BCUT2D eigenvalue weighted by Gasteiger charge is 2.27. The van der Waals surface area contributed by atoms with Crippen molar-refractivity contribution in [2.24, 2.45) is 0 Å². The van der Waals surface area contributed by atoms with Crippen molar-refractivity contribution < 1.29 is 32.9 Å². The van der Waals surface area contributed by atoms with Crippen LogP contribution in [0.2, 0.25) is 0 Å². The fourth-order valence-corrected chi connectivity index (χ4v) is 6.96. The molecule has 54 heavy (non-hydrogen) atoms. The Balaban J connectivity index is 4.22. The highest BCUT2D eigenvalue weighted by molar-refractivity contribution is 7.47. The Labute approximate surface area is 334 Å². The van der Waals surface area contributed by atoms with E-state index in [1.54, 1.807) is 6.08 Å². The summed E-state index contributed by atoms with van der Waals surface area (Å²) in [6.45, 7) is 4.73. The number of nitrogens with one attached hydrogen (secondary N) is 1. The molecule has 0 heterocycles. The minimum atomic E-state index is -4.34. The van der Waals surface area contributed by atoms with Gasteiger partial charge in [0.1, 0.15) is 13.2 Å². The minimum absolute atomic E-state index is 0.0558. The summed E-state index contributed by atoms with van der Waals surface area (Å²) < 4.78 is 23.5. The van der Waals surface area contributed by atoms with Gasteiger partial charge in [0.05, 0.1) is 39.9 Å². The quantitative estimate of drug-likeness (QED) is 0.0247. The number of amides is 1. The van der Waals surface area contributed by atoms with E-state index in [0.717, 1.165) is 38.5 Å². The van der Waals surface area contributed by atoms with Crippen LogP contribution in [0.1, 0.15) is 194 Å². The molecule has 0 aromatic heterocycles. The van der Waals surface area contributed by atoms with E-state index in [-0.39, 0.29) is 19.1 Å². The average molecular weight is 784 g/mol. The number of phosphoric acid groups is 1. The number of likely N-dealkylation sites (N-methyl/N-ethyl adjacent to an activating group) is 1. The lowest BCUT2D eigenvalue weighted by molar-refractivity contribution is -0.870. The van der Waals surface area contributed by atoms with Gasteiger partial charge < -0.3 is 19.8 Å². The standard InChI is InChI=1S/C45H87N2O6P/c1-6-8-10-12-14-16-17-18-19-20-21-22-23-24-25-26-27-28-29-31-33-35-37-39-45(49)46-43(42-53-54(50,51)52-41-40-47(3,4)5)44(48)38-36-34-32-30-15-13-11-9-7-2/h15,20-21,30,36,38,43-44,48H,6-14,16-19,22-29,31-35,37,39-42H2,1-5H3,(H-,46,49,50,51)/p+1/b21-20-,30-15+,38-36+. The molecule has 3 unspecified atom stereocenters. The van der Waals surface area contributed by atoms with Gasteiger partial charge >= 0.3 is 7.82 Å². The van der Waals surface area contributed by atoms with Crippen LogP contribution in [-0.2, 0) is 18.4 Å². The topological polar surface area (TPSA) is 105 Å². The van der Waals surface area contributed by atoms with Crippen LogP contribution >= 0.6 is 7.82 Å². The molecule has 0 aliphatic heterocycles. The number of carbonyl (C=O) groups excluding carboxylic acids is 1. The molecule has 0 rings (SSSR count). The molecule has 3 atom stereocenters. The molecule has 3 N–H and O–H groups in total. The molecule has 0 fully saturated rings. The molecule has 8 nitrogen and oxygen atoms in total. The molecule has 0 saturated carbocycles. The van der Waals surface area contributed by atoms with Gasteiger partial charge in [0.2, 0.25) is 5.91 Å². The van der Waals surface area contributed by atoms with Crippen LogP contribution in [0.5, 0.6) is 0 Å². The Morgan fingerprint density at radius 1 is 0.611 bits per heavy atom. The van der Waals surface area contributed by atoms with Gasteiger partial charge in [0.25, 0.3) is 0 Å². The zero-order chi connectivity index (χ0) is 40.0. The normalized spacial score (nSPS) is 14.7. The van der Waals surface area contributed by atoms with Gasteiger partial charge in [-0.3, -0.25) is 13.8 Å². The SMILES string of the molecule is CCCCC/C=C/CC/C=C/C(O)C(COP(=O)(O)OCC[N+](C)(C)C)NC(=O)CCCCCCCCCCCCC/C=C\CCCCCCCCCC. The predicted octanol–water partition coefficient (Wildman–Crippen LogP) is 12.3. The third kappa shape index (κ3) is 39.0. The van der Waals surface area contributed by atoms with Crippen molar-refractivity contribution in [1.29, 1.82) is 0 Å². The van der Waals surface area contributed by atoms with Crippen molar-refractivity contribution in [3.63, 3.8) is 0 Å². The summed E-state index contributed by atoms with van der Waals surface area (Å²) in [7, 11) is 1.55. The highest BCUT2D eigenvalue weighted by atomic mass is 31.2. The molecule has 0 aliphatic rings. The second-order valence-corrected chi connectivity index (χ2v) is 17.9. The Bertz CT molecular complexity index is 980. The fourth-order valence-electron chi connectivity index (χ4n) is 6.23. The van der Waals surface area contributed by atoms with Crippen LogP contribution in [0, 0.1) is 0 Å². The molecule has 0 aromatic carbocycles. The van der Waals surface area contributed by atoms with Crippen LogP contribution in [0.4, 0.5) is 0 Å². The smallest absolute Gasteiger partial charge is 0.387 e. The van der Waals surface area contributed by atoms with E-state index in [2.05, 4.69) is 43.5 Å². The Morgan fingerprint density at radius 2 is 1.02 bits per heavy atom. The number of hydrogen-bond donors (Lipinski definition) is 3. The molecule has 1 amide bonds. The summed E-state index contributed by atoms with van der Waals surface area (Å²) in [5, 5.41) is 13.7. The second kappa shape index (κ2) is 37.3. The number of unbranched alkanes of at least 4 members (excludes halogenated alkanes) is 23. The number of carbonyl (C=O) groups is 1. The first kappa shape index (κ1) is 52.7. The number of aliphatic hydroxyl groups is 1. The first-order chi connectivity index (χ1) is 26.0. The Morgan fingerprint density at radius 3 is 1.52 bits per heavy atom. The van der Waals surface area contributed by atoms with Gasteiger partial charge in [-0.2, -0.15) is 0 Å². The Hall–Kier alpha value is -1.28. The van der Waals surface area contributed by atoms with E-state index in [9.17, 15) is 19.4 Å². The number of aliphatic hydroxyl groups excluding tert-OH is 1. The summed E-state index contributed by atoms with van der Waals surface area (Å²) in [6.07, 6.45) is 45.2. The summed E-state index contributed by atoms with van der Waals surface area (Å²) in [5.74, 6) is -0.191. The summed E-state index contributed by atoms with van der Waals surface area (Å²) in [5.41, 5.74) is 0. The largest absolute Gasteiger partial charge is 0.472 e. The zero-order valence-corrected chi connectivity index (χ0v) is 36.9. The number of quaternary nitrogens is 1. The molecule has 0 spiro atoms. The van der Waals surface area contributed by atoms with Crippen molar-refractivity contribution in [1.82, 2.24) is 5.32 Å². The minimum Gasteiger partial charge on any atom is -0.387 e. The van der Waals surface area contributed by atoms with Crippen LogP contribution < -0.4 is 5.32 Å². The average Bonchev–Trinajstić information content (AvgIpc) is 3.12. The van der Waals surface area contributed by atoms with Crippen molar-refractivity contribution in [3.8, 4) is 0 Å². The summed E-state index contributed by atoms with van der Waals surface area (Å²) >= 11 is 0. The van der Waals surface area contributed by atoms with Gasteiger partial charge in [-0.1, -0.05) is 166 Å². The number of phosphoric ester groups is 1. The first-order valence-corrected chi connectivity index (χ1v) is 23.9. The maximum absolute atomic E-state index is 12.8. The van der Waals surface area contributed by atoms with E-state index in [4.69, 9.17) is 9.05 Å². The predicted molar refractivity (Wildman–Crippen MR) is 231 cm³/mol. The lowest BCUT2D eigenvalue weighted by Crippen LogP contribution is -2.45. The molecule has 9 heteroatoms. The van der Waals surface area contributed by atoms with E-state index < -0.39 is 20.0 Å². The molecule has 0 radical (unpaired) electrons. The molecule has 0 aromatic rings. The van der Waals surface area contributed by atoms with Crippen molar-refractivity contribution in [3.05, 3.63) is 36.5 Å². The third-order valence-electron chi connectivity index (χ3n) is 9.83. The van der Waals surface area contributed by atoms with Crippen LogP contribution in [-0.4, -0.2) is 73.4 Å². The van der Waals surface area contributed by atoms with Crippen molar-refractivity contribution >= 4 is 13.7 Å². The van der Waals surface area contributed by atoms with Crippen molar-refractivity contribution in [2.45, 2.75) is 206 Å². The monoisotopic (exact) mass is 784 g/mol. The van der Waals surface area contributed by atoms with Crippen LogP contribution in [0.25, 0.3) is 0 Å². The summed E-state index contributed by atoms with van der Waals surface area (Å²) in [4.78, 5) is 23.0. The number of rotatable bonds is 40. The van der Waals surface area contributed by atoms with Crippen LogP contribution in [0.15, 0.2) is 36.5 Å². The zero-order valence-electron chi connectivity index (χ0n) is 36.0. The van der Waals surface area contributed by atoms with Crippen LogP contribution in [0.3, 0.4) is 0 Å². The molecule has 0 aliphatic carbocycles. The molecular weight excluding hydrogens is 695 g/mol. The molecule has 318 valence electrons. The third-order valence-corrected chi connectivity index (χ3v) is 10.8. The maximum atomic E-state index is 12.8. The van der Waals surface area contributed by atoms with Gasteiger partial charge in [-0.25, -0.2) is 4.57 Å². The van der Waals surface area contributed by atoms with Gasteiger partial charge in [0.15, 0.2) is 0 Å². The van der Waals surface area contributed by atoms with Gasteiger partial charge in [-0.15, -0.1) is 0 Å².